The molecule has 0 saturated heterocycles. The molecule has 0 aliphatic carbocycles. The normalized spacial score (nSPS) is 11.4. The number of benzene rings is 1. The van der Waals surface area contributed by atoms with E-state index in [1.54, 1.807) is 0 Å². The van der Waals surface area contributed by atoms with Gasteiger partial charge in [0.2, 0.25) is 0 Å². The first-order valence-corrected chi connectivity index (χ1v) is 6.02. The Morgan fingerprint density at radius 2 is 2.17 bits per heavy atom. The third-order valence-corrected chi connectivity index (χ3v) is 3.25. The van der Waals surface area contributed by atoms with Crippen LogP contribution >= 0.6 is 0 Å². The van der Waals surface area contributed by atoms with E-state index in [9.17, 15) is 4.79 Å². The Morgan fingerprint density at radius 3 is 2.83 bits per heavy atom. The number of aldehydes is 1. The molecule has 0 amide bonds. The molecule has 0 aliphatic heterocycles. The van der Waals surface area contributed by atoms with E-state index in [1.807, 2.05) is 44.3 Å². The van der Waals surface area contributed by atoms with Crippen molar-refractivity contribution in [2.75, 3.05) is 0 Å². The lowest BCUT2D eigenvalue weighted by Gasteiger charge is -2.15. The van der Waals surface area contributed by atoms with Gasteiger partial charge in [-0.05, 0) is 32.4 Å². The maximum Gasteiger partial charge on any atom is 0.150 e. The summed E-state index contributed by atoms with van der Waals surface area (Å²) in [5.41, 5.74) is 1.44. The SMILES string of the molecule is CC(C)(C#N)CCn1ccc2c(C=O)cccc21. The molecular formula is C15H16N2O. The predicted octanol–water partition coefficient (Wildman–Crippen LogP) is 3.39. The molecule has 0 unspecified atom stereocenters. The molecule has 18 heavy (non-hydrogen) atoms. The molecule has 1 aromatic carbocycles. The molecule has 0 fully saturated rings. The van der Waals surface area contributed by atoms with E-state index in [2.05, 4.69) is 10.6 Å². The third-order valence-electron chi connectivity index (χ3n) is 3.25. The van der Waals surface area contributed by atoms with Gasteiger partial charge in [0.05, 0.1) is 11.5 Å². The minimum Gasteiger partial charge on any atom is -0.347 e. The van der Waals surface area contributed by atoms with Crippen molar-refractivity contribution < 1.29 is 4.79 Å². The lowest BCUT2D eigenvalue weighted by atomic mass is 9.91. The summed E-state index contributed by atoms with van der Waals surface area (Å²) in [4.78, 5) is 10.9. The van der Waals surface area contributed by atoms with E-state index in [0.29, 0.717) is 5.56 Å². The Morgan fingerprint density at radius 1 is 1.39 bits per heavy atom. The van der Waals surface area contributed by atoms with E-state index in [0.717, 1.165) is 30.2 Å². The summed E-state index contributed by atoms with van der Waals surface area (Å²) in [6, 6.07) is 9.97. The number of nitrogens with zero attached hydrogens (tertiary/aromatic N) is 2. The Hall–Kier alpha value is -2.08. The summed E-state index contributed by atoms with van der Waals surface area (Å²) in [6.07, 6.45) is 3.65. The van der Waals surface area contributed by atoms with Gasteiger partial charge in [-0.3, -0.25) is 4.79 Å². The minimum absolute atomic E-state index is 0.321. The number of rotatable bonds is 4. The number of carbonyl (C=O) groups is 1. The fraction of sp³-hybridized carbons (Fsp3) is 0.333. The quantitative estimate of drug-likeness (QED) is 0.769. The minimum atomic E-state index is -0.321. The molecule has 0 bridgehead atoms. The Bertz CT molecular complexity index is 617. The van der Waals surface area contributed by atoms with Crippen LogP contribution < -0.4 is 0 Å². The van der Waals surface area contributed by atoms with Gasteiger partial charge in [-0.15, -0.1) is 0 Å². The molecule has 1 heterocycles. The Labute approximate surface area is 107 Å². The molecule has 1 aromatic heterocycles. The van der Waals surface area contributed by atoms with E-state index in [-0.39, 0.29) is 5.41 Å². The summed E-state index contributed by atoms with van der Waals surface area (Å²) < 4.78 is 2.10. The van der Waals surface area contributed by atoms with Crippen molar-refractivity contribution >= 4 is 17.2 Å². The van der Waals surface area contributed by atoms with Crippen LogP contribution in [0.3, 0.4) is 0 Å². The average molecular weight is 240 g/mol. The van der Waals surface area contributed by atoms with Gasteiger partial charge in [0.1, 0.15) is 0 Å². The van der Waals surface area contributed by atoms with Crippen molar-refractivity contribution in [3.8, 4) is 6.07 Å². The highest BCUT2D eigenvalue weighted by atomic mass is 16.1. The molecule has 3 nitrogen and oxygen atoms in total. The topological polar surface area (TPSA) is 45.8 Å². The molecule has 0 aliphatic rings. The smallest absolute Gasteiger partial charge is 0.150 e. The molecule has 0 saturated carbocycles. The van der Waals surface area contributed by atoms with Crippen LogP contribution in [0.1, 0.15) is 30.6 Å². The molecule has 0 radical (unpaired) electrons. The Kier molecular flexibility index (Phi) is 3.20. The highest BCUT2D eigenvalue weighted by Gasteiger charge is 2.16. The van der Waals surface area contributed by atoms with Gasteiger partial charge in [0.25, 0.3) is 0 Å². The van der Waals surface area contributed by atoms with Crippen LogP contribution in [-0.2, 0) is 6.54 Å². The summed E-state index contributed by atoms with van der Waals surface area (Å²) in [6.45, 7) is 4.66. The highest BCUT2D eigenvalue weighted by molar-refractivity contribution is 5.97. The lowest BCUT2D eigenvalue weighted by Crippen LogP contribution is -2.11. The zero-order valence-electron chi connectivity index (χ0n) is 10.7. The zero-order chi connectivity index (χ0) is 13.2. The highest BCUT2D eigenvalue weighted by Crippen LogP contribution is 2.23. The maximum absolute atomic E-state index is 10.9. The second-order valence-corrected chi connectivity index (χ2v) is 5.15. The second-order valence-electron chi connectivity index (χ2n) is 5.15. The molecule has 0 spiro atoms. The summed E-state index contributed by atoms with van der Waals surface area (Å²) in [7, 11) is 0. The standard InChI is InChI=1S/C15H16N2O/c1-15(2,11-16)7-9-17-8-6-13-12(10-18)4-3-5-14(13)17/h3-6,8,10H,7,9H2,1-2H3. The van der Waals surface area contributed by atoms with Crippen LogP contribution in [0, 0.1) is 16.7 Å². The molecule has 3 heteroatoms. The average Bonchev–Trinajstić information content (AvgIpc) is 2.79. The largest absolute Gasteiger partial charge is 0.347 e. The first kappa shape index (κ1) is 12.4. The van der Waals surface area contributed by atoms with Crippen LogP contribution in [0.4, 0.5) is 0 Å². The summed E-state index contributed by atoms with van der Waals surface area (Å²) >= 11 is 0. The van der Waals surface area contributed by atoms with Crippen molar-refractivity contribution in [2.24, 2.45) is 5.41 Å². The van der Waals surface area contributed by atoms with Crippen molar-refractivity contribution in [2.45, 2.75) is 26.8 Å². The second kappa shape index (κ2) is 4.66. The van der Waals surface area contributed by atoms with E-state index in [4.69, 9.17) is 5.26 Å². The fourth-order valence-corrected chi connectivity index (χ4v) is 2.00. The molecule has 92 valence electrons. The maximum atomic E-state index is 10.9. The molecule has 2 rings (SSSR count). The summed E-state index contributed by atoms with van der Waals surface area (Å²) in [5, 5.41) is 9.99. The number of nitriles is 1. The van der Waals surface area contributed by atoms with E-state index >= 15 is 0 Å². The third kappa shape index (κ3) is 2.28. The molecule has 0 N–H and O–H groups in total. The number of fused-ring (bicyclic) bond motifs is 1. The van der Waals surface area contributed by atoms with Crippen LogP contribution in [0.5, 0.6) is 0 Å². The van der Waals surface area contributed by atoms with Gasteiger partial charge < -0.3 is 4.57 Å². The van der Waals surface area contributed by atoms with Gasteiger partial charge in [-0.1, -0.05) is 12.1 Å². The molecule has 0 atom stereocenters. The first-order valence-electron chi connectivity index (χ1n) is 6.02. The number of hydrogen-bond donors (Lipinski definition) is 0. The lowest BCUT2D eigenvalue weighted by molar-refractivity contribution is 0.112. The van der Waals surface area contributed by atoms with Crippen LogP contribution in [0.25, 0.3) is 10.9 Å². The van der Waals surface area contributed by atoms with Crippen LogP contribution in [-0.4, -0.2) is 10.9 Å². The fourth-order valence-electron chi connectivity index (χ4n) is 2.00. The van der Waals surface area contributed by atoms with E-state index in [1.165, 1.54) is 0 Å². The van der Waals surface area contributed by atoms with Gasteiger partial charge in [0.15, 0.2) is 6.29 Å². The zero-order valence-corrected chi connectivity index (χ0v) is 10.7. The monoisotopic (exact) mass is 240 g/mol. The molecule has 2 aromatic rings. The van der Waals surface area contributed by atoms with Crippen LogP contribution in [0.2, 0.25) is 0 Å². The van der Waals surface area contributed by atoms with Gasteiger partial charge in [0, 0.05) is 29.2 Å². The number of aryl methyl sites for hydroxylation is 1. The van der Waals surface area contributed by atoms with Crippen molar-refractivity contribution in [3.05, 3.63) is 36.0 Å². The van der Waals surface area contributed by atoms with Crippen molar-refractivity contribution in [1.82, 2.24) is 4.57 Å². The molecular weight excluding hydrogens is 224 g/mol. The predicted molar refractivity (Wildman–Crippen MR) is 71.3 cm³/mol. The number of aromatic nitrogens is 1. The van der Waals surface area contributed by atoms with Gasteiger partial charge >= 0.3 is 0 Å². The number of hydrogen-bond acceptors (Lipinski definition) is 2. The van der Waals surface area contributed by atoms with Crippen molar-refractivity contribution in [1.29, 1.82) is 5.26 Å². The first-order chi connectivity index (χ1) is 8.57. The van der Waals surface area contributed by atoms with Gasteiger partial charge in [-0.2, -0.15) is 5.26 Å². The number of carbonyl (C=O) groups excluding carboxylic acids is 1. The Balaban J connectivity index is 2.31. The van der Waals surface area contributed by atoms with Crippen LogP contribution in [0.15, 0.2) is 30.5 Å². The van der Waals surface area contributed by atoms with Gasteiger partial charge in [-0.25, -0.2) is 0 Å². The summed E-state index contributed by atoms with van der Waals surface area (Å²) in [5.74, 6) is 0. The van der Waals surface area contributed by atoms with E-state index < -0.39 is 0 Å². The van der Waals surface area contributed by atoms with Crippen molar-refractivity contribution in [3.63, 3.8) is 0 Å².